The van der Waals surface area contributed by atoms with Gasteiger partial charge < -0.3 is 24.6 Å². The van der Waals surface area contributed by atoms with Crippen LogP contribution >= 0.6 is 0 Å². The highest BCUT2D eigenvalue weighted by atomic mass is 16.5. The number of aliphatic hydroxyl groups excluding tert-OH is 1. The predicted molar refractivity (Wildman–Crippen MR) is 78.8 cm³/mol. The Labute approximate surface area is 120 Å². The highest BCUT2D eigenvalue weighted by Crippen LogP contribution is 2.39. The van der Waals surface area contributed by atoms with Crippen molar-refractivity contribution in [3.05, 3.63) is 17.7 Å². The second-order valence-electron chi connectivity index (χ2n) is 4.63. The van der Waals surface area contributed by atoms with Crippen molar-refractivity contribution in [1.29, 1.82) is 0 Å². The van der Waals surface area contributed by atoms with E-state index in [-0.39, 0.29) is 18.7 Å². The first-order valence-corrected chi connectivity index (χ1v) is 6.78. The molecular formula is C15H25NO4. The van der Waals surface area contributed by atoms with E-state index in [0.29, 0.717) is 17.2 Å². The normalized spacial score (nSPS) is 13.7. The van der Waals surface area contributed by atoms with Gasteiger partial charge in [-0.25, -0.2) is 0 Å². The first kappa shape index (κ1) is 16.6. The molecule has 0 bridgehead atoms. The third-order valence-corrected chi connectivity index (χ3v) is 3.39. The molecule has 1 aromatic rings. The molecule has 0 aliphatic rings. The Morgan fingerprint density at radius 2 is 1.65 bits per heavy atom. The molecule has 0 amide bonds. The van der Waals surface area contributed by atoms with Gasteiger partial charge in [-0.1, -0.05) is 6.92 Å². The van der Waals surface area contributed by atoms with E-state index in [0.717, 1.165) is 12.0 Å². The van der Waals surface area contributed by atoms with Gasteiger partial charge in [0.2, 0.25) is 5.75 Å². The van der Waals surface area contributed by atoms with Gasteiger partial charge in [-0.2, -0.15) is 0 Å². The molecule has 5 nitrogen and oxygen atoms in total. The van der Waals surface area contributed by atoms with Crippen molar-refractivity contribution >= 4 is 0 Å². The van der Waals surface area contributed by atoms with Gasteiger partial charge in [-0.05, 0) is 31.0 Å². The summed E-state index contributed by atoms with van der Waals surface area (Å²) >= 11 is 0. The summed E-state index contributed by atoms with van der Waals surface area (Å²) in [4.78, 5) is 0. The molecule has 0 saturated heterocycles. The molecule has 1 rings (SSSR count). The van der Waals surface area contributed by atoms with Crippen molar-refractivity contribution in [2.75, 3.05) is 27.9 Å². The maximum atomic E-state index is 9.27. The van der Waals surface area contributed by atoms with Gasteiger partial charge in [0.1, 0.15) is 0 Å². The molecule has 0 heterocycles. The summed E-state index contributed by atoms with van der Waals surface area (Å²) in [5, 5.41) is 12.6. The fraction of sp³-hybridized carbons (Fsp3) is 0.600. The fourth-order valence-electron chi connectivity index (χ4n) is 2.10. The van der Waals surface area contributed by atoms with E-state index in [1.54, 1.807) is 21.3 Å². The Kier molecular flexibility index (Phi) is 6.61. The quantitative estimate of drug-likeness (QED) is 0.765. The lowest BCUT2D eigenvalue weighted by Gasteiger charge is -2.22. The number of nitrogens with one attached hydrogen (secondary N) is 1. The lowest BCUT2D eigenvalue weighted by molar-refractivity contribution is 0.230. The summed E-state index contributed by atoms with van der Waals surface area (Å²) in [6.07, 6.45) is 0.866. The third-order valence-electron chi connectivity index (χ3n) is 3.39. The first-order valence-electron chi connectivity index (χ1n) is 6.78. The van der Waals surface area contributed by atoms with Crippen LogP contribution in [-0.4, -0.2) is 39.1 Å². The van der Waals surface area contributed by atoms with Crippen molar-refractivity contribution in [3.63, 3.8) is 0 Å². The second-order valence-corrected chi connectivity index (χ2v) is 4.63. The molecule has 0 aliphatic heterocycles. The molecule has 0 fully saturated rings. The molecule has 0 aromatic heterocycles. The van der Waals surface area contributed by atoms with Crippen LogP contribution in [0.2, 0.25) is 0 Å². The molecule has 0 radical (unpaired) electrons. The fourth-order valence-corrected chi connectivity index (χ4v) is 2.10. The van der Waals surface area contributed by atoms with Crippen molar-refractivity contribution < 1.29 is 19.3 Å². The molecule has 0 saturated carbocycles. The van der Waals surface area contributed by atoms with Crippen molar-refractivity contribution in [2.24, 2.45) is 0 Å². The Morgan fingerprint density at radius 1 is 1.10 bits per heavy atom. The summed E-state index contributed by atoms with van der Waals surface area (Å²) in [5.74, 6) is 1.85. The Bertz CT molecular complexity index is 393. The minimum Gasteiger partial charge on any atom is -0.493 e. The van der Waals surface area contributed by atoms with E-state index in [1.165, 1.54) is 0 Å². The lowest BCUT2D eigenvalue weighted by Crippen LogP contribution is -2.33. The van der Waals surface area contributed by atoms with Crippen molar-refractivity contribution in [1.82, 2.24) is 5.32 Å². The zero-order chi connectivity index (χ0) is 15.1. The number of hydrogen-bond acceptors (Lipinski definition) is 5. The molecule has 0 spiro atoms. The van der Waals surface area contributed by atoms with Crippen LogP contribution in [-0.2, 0) is 0 Å². The monoisotopic (exact) mass is 283 g/mol. The van der Waals surface area contributed by atoms with Crippen LogP contribution in [0.15, 0.2) is 12.1 Å². The molecular weight excluding hydrogens is 258 g/mol. The number of methoxy groups -OCH3 is 3. The molecule has 1 unspecified atom stereocenters. The summed E-state index contributed by atoms with van der Waals surface area (Å²) in [7, 11) is 4.78. The van der Waals surface area contributed by atoms with Crippen LogP contribution in [0.4, 0.5) is 0 Å². The molecule has 1 aromatic carbocycles. The first-order chi connectivity index (χ1) is 9.60. The highest BCUT2D eigenvalue weighted by Gasteiger charge is 2.17. The summed E-state index contributed by atoms with van der Waals surface area (Å²) < 4.78 is 16.0. The Morgan fingerprint density at radius 3 is 2.00 bits per heavy atom. The average Bonchev–Trinajstić information content (AvgIpc) is 2.50. The summed E-state index contributed by atoms with van der Waals surface area (Å²) in [6.45, 7) is 4.19. The maximum Gasteiger partial charge on any atom is 0.203 e. The van der Waals surface area contributed by atoms with E-state index in [2.05, 4.69) is 5.32 Å². The van der Waals surface area contributed by atoms with Gasteiger partial charge >= 0.3 is 0 Å². The van der Waals surface area contributed by atoms with Crippen LogP contribution in [0.1, 0.15) is 31.9 Å². The van der Waals surface area contributed by atoms with Crippen molar-refractivity contribution in [3.8, 4) is 17.2 Å². The van der Waals surface area contributed by atoms with Gasteiger partial charge in [0, 0.05) is 12.1 Å². The standard InChI is InChI=1S/C15H25NO4/c1-6-12(9-17)16-10(2)11-7-13(18-3)15(20-5)14(8-11)19-4/h7-8,10,12,16-17H,6,9H2,1-5H3/t10?,12-/m1/s1. The summed E-state index contributed by atoms with van der Waals surface area (Å²) in [6, 6.07) is 3.98. The number of ether oxygens (including phenoxy) is 3. The number of hydrogen-bond donors (Lipinski definition) is 2. The van der Waals surface area contributed by atoms with E-state index in [4.69, 9.17) is 14.2 Å². The van der Waals surface area contributed by atoms with Gasteiger partial charge in [0.15, 0.2) is 11.5 Å². The molecule has 5 heteroatoms. The second kappa shape index (κ2) is 7.97. The summed E-state index contributed by atoms with van der Waals surface area (Å²) in [5.41, 5.74) is 1.02. The maximum absolute atomic E-state index is 9.27. The highest BCUT2D eigenvalue weighted by molar-refractivity contribution is 5.54. The van der Waals surface area contributed by atoms with Gasteiger partial charge in [-0.3, -0.25) is 0 Å². The molecule has 2 N–H and O–H groups in total. The van der Waals surface area contributed by atoms with E-state index in [9.17, 15) is 5.11 Å². The molecule has 2 atom stereocenters. The van der Waals surface area contributed by atoms with Crippen molar-refractivity contribution in [2.45, 2.75) is 32.4 Å². The minimum atomic E-state index is 0.0702. The zero-order valence-corrected chi connectivity index (χ0v) is 12.9. The van der Waals surface area contributed by atoms with Crippen LogP contribution in [0, 0.1) is 0 Å². The van der Waals surface area contributed by atoms with Gasteiger partial charge in [-0.15, -0.1) is 0 Å². The molecule has 114 valence electrons. The number of benzene rings is 1. The number of rotatable bonds is 8. The average molecular weight is 283 g/mol. The molecule has 0 aliphatic carbocycles. The smallest absolute Gasteiger partial charge is 0.203 e. The van der Waals surface area contributed by atoms with Crippen LogP contribution in [0.5, 0.6) is 17.2 Å². The SMILES string of the molecule is CC[C@H](CO)NC(C)c1cc(OC)c(OC)c(OC)c1. The van der Waals surface area contributed by atoms with Crippen LogP contribution in [0.3, 0.4) is 0 Å². The lowest BCUT2D eigenvalue weighted by atomic mass is 10.1. The van der Waals surface area contributed by atoms with Gasteiger partial charge in [0.05, 0.1) is 27.9 Å². The van der Waals surface area contributed by atoms with E-state index in [1.807, 2.05) is 26.0 Å². The Balaban J connectivity index is 3.05. The van der Waals surface area contributed by atoms with E-state index < -0.39 is 0 Å². The van der Waals surface area contributed by atoms with Crippen LogP contribution in [0.25, 0.3) is 0 Å². The topological polar surface area (TPSA) is 60.0 Å². The largest absolute Gasteiger partial charge is 0.493 e. The number of aliphatic hydroxyl groups is 1. The minimum absolute atomic E-state index is 0.0702. The van der Waals surface area contributed by atoms with Gasteiger partial charge in [0.25, 0.3) is 0 Å². The Hall–Kier alpha value is -1.46. The predicted octanol–water partition coefficient (Wildman–Crippen LogP) is 2.13. The molecule has 20 heavy (non-hydrogen) atoms. The van der Waals surface area contributed by atoms with Crippen LogP contribution < -0.4 is 19.5 Å². The van der Waals surface area contributed by atoms with E-state index >= 15 is 0 Å². The third kappa shape index (κ3) is 3.77. The zero-order valence-electron chi connectivity index (χ0n) is 12.9.